The quantitative estimate of drug-likeness (QED) is 0.461. The topological polar surface area (TPSA) is 138 Å². The van der Waals surface area contributed by atoms with Crippen molar-refractivity contribution < 1.29 is 29.4 Å². The van der Waals surface area contributed by atoms with E-state index in [0.29, 0.717) is 4.90 Å². The van der Waals surface area contributed by atoms with Crippen molar-refractivity contribution in [1.29, 1.82) is 0 Å². The van der Waals surface area contributed by atoms with Crippen LogP contribution in [-0.2, 0) is 19.2 Å². The number of amides is 2. The maximum Gasteiger partial charge on any atom is 0.326 e. The molecule has 2 atom stereocenters. The van der Waals surface area contributed by atoms with Gasteiger partial charge in [-0.2, -0.15) is 0 Å². The van der Waals surface area contributed by atoms with Gasteiger partial charge in [0.05, 0.1) is 12.5 Å². The minimum Gasteiger partial charge on any atom is -0.481 e. The Morgan fingerprint density at radius 2 is 1.88 bits per heavy atom. The number of imide groups is 1. The number of carboxylic acid groups (broad SMARTS) is 2. The SMILES string of the molecule is CC(C(=O)O)N(C=O)C(=O)C(N)CC(=O)O. The Kier molecular flexibility index (Phi) is 5.10. The maximum atomic E-state index is 11.4. The molecular weight excluding hydrogens is 220 g/mol. The third-order valence-electron chi connectivity index (χ3n) is 1.85. The Morgan fingerprint density at radius 3 is 2.19 bits per heavy atom. The van der Waals surface area contributed by atoms with Gasteiger partial charge in [-0.05, 0) is 6.92 Å². The number of nitrogens with zero attached hydrogens (tertiary/aromatic N) is 1. The van der Waals surface area contributed by atoms with E-state index in [9.17, 15) is 19.2 Å². The highest BCUT2D eigenvalue weighted by Gasteiger charge is 2.29. The van der Waals surface area contributed by atoms with Crippen molar-refractivity contribution in [3.8, 4) is 0 Å². The van der Waals surface area contributed by atoms with Gasteiger partial charge in [-0.1, -0.05) is 0 Å². The maximum absolute atomic E-state index is 11.4. The van der Waals surface area contributed by atoms with Gasteiger partial charge in [0, 0.05) is 0 Å². The fourth-order valence-corrected chi connectivity index (χ4v) is 0.920. The van der Waals surface area contributed by atoms with Crippen molar-refractivity contribution in [1.82, 2.24) is 4.90 Å². The predicted octanol–water partition coefficient (Wildman–Crippen LogP) is -1.75. The minimum absolute atomic E-state index is 0.0167. The van der Waals surface area contributed by atoms with E-state index < -0.39 is 36.4 Å². The van der Waals surface area contributed by atoms with Crippen molar-refractivity contribution in [2.24, 2.45) is 5.73 Å². The predicted molar refractivity (Wildman–Crippen MR) is 50.2 cm³/mol. The minimum atomic E-state index is -1.44. The van der Waals surface area contributed by atoms with Gasteiger partial charge >= 0.3 is 11.9 Å². The molecule has 90 valence electrons. The van der Waals surface area contributed by atoms with Gasteiger partial charge in [-0.25, -0.2) is 4.79 Å². The second-order valence-corrected chi connectivity index (χ2v) is 3.07. The standard InChI is InChI=1S/C8H12N2O6/c1-4(8(15)16)10(3-11)7(14)5(9)2-6(12)13/h3-5H,2,9H2,1H3,(H,12,13)(H,15,16). The molecule has 0 bridgehead atoms. The third kappa shape index (κ3) is 3.65. The van der Waals surface area contributed by atoms with Crippen LogP contribution >= 0.6 is 0 Å². The normalized spacial score (nSPS) is 13.6. The second-order valence-electron chi connectivity index (χ2n) is 3.07. The average molecular weight is 232 g/mol. The molecule has 0 aliphatic rings. The Hall–Kier alpha value is -1.96. The number of carbonyl (C=O) groups is 4. The molecule has 0 rings (SSSR count). The van der Waals surface area contributed by atoms with Crippen LogP contribution in [0.4, 0.5) is 0 Å². The summed E-state index contributed by atoms with van der Waals surface area (Å²) in [6.07, 6.45) is -0.654. The molecule has 4 N–H and O–H groups in total. The van der Waals surface area contributed by atoms with Crippen LogP contribution in [0.1, 0.15) is 13.3 Å². The highest BCUT2D eigenvalue weighted by Crippen LogP contribution is 2.01. The summed E-state index contributed by atoms with van der Waals surface area (Å²) < 4.78 is 0. The number of nitrogens with two attached hydrogens (primary N) is 1. The van der Waals surface area contributed by atoms with Crippen molar-refractivity contribution in [2.75, 3.05) is 0 Å². The summed E-state index contributed by atoms with van der Waals surface area (Å²) in [6.45, 7) is 1.11. The molecule has 0 saturated heterocycles. The van der Waals surface area contributed by atoms with Crippen LogP contribution in [0.15, 0.2) is 0 Å². The van der Waals surface area contributed by atoms with Crippen molar-refractivity contribution in [3.05, 3.63) is 0 Å². The molecule has 16 heavy (non-hydrogen) atoms. The molecule has 0 spiro atoms. The van der Waals surface area contributed by atoms with Crippen LogP contribution in [0, 0.1) is 0 Å². The Bertz CT molecular complexity index is 316. The lowest BCUT2D eigenvalue weighted by Gasteiger charge is -2.22. The van der Waals surface area contributed by atoms with Gasteiger partial charge in [-0.3, -0.25) is 19.3 Å². The van der Waals surface area contributed by atoms with Gasteiger partial charge in [-0.15, -0.1) is 0 Å². The summed E-state index contributed by atoms with van der Waals surface area (Å²) in [7, 11) is 0. The van der Waals surface area contributed by atoms with E-state index in [2.05, 4.69) is 0 Å². The summed E-state index contributed by atoms with van der Waals surface area (Å²) in [5, 5.41) is 17.0. The van der Waals surface area contributed by atoms with Crippen LogP contribution in [-0.4, -0.2) is 51.5 Å². The number of rotatable bonds is 6. The van der Waals surface area contributed by atoms with E-state index in [1.54, 1.807) is 0 Å². The van der Waals surface area contributed by atoms with Crippen LogP contribution in [0.5, 0.6) is 0 Å². The van der Waals surface area contributed by atoms with Gasteiger partial charge in [0.2, 0.25) is 12.3 Å². The molecule has 2 amide bonds. The summed E-state index contributed by atoms with van der Waals surface area (Å²) >= 11 is 0. The van der Waals surface area contributed by atoms with E-state index in [1.165, 1.54) is 0 Å². The third-order valence-corrected chi connectivity index (χ3v) is 1.85. The molecule has 0 aromatic heterocycles. The first-order valence-electron chi connectivity index (χ1n) is 4.29. The Balaban J connectivity index is 4.71. The number of carbonyl (C=O) groups excluding carboxylic acids is 2. The molecule has 0 fully saturated rings. The molecule has 0 radical (unpaired) electrons. The second kappa shape index (κ2) is 5.81. The number of hydrogen-bond acceptors (Lipinski definition) is 5. The first kappa shape index (κ1) is 14.0. The van der Waals surface area contributed by atoms with Crippen LogP contribution in [0.3, 0.4) is 0 Å². The van der Waals surface area contributed by atoms with E-state index in [4.69, 9.17) is 15.9 Å². The largest absolute Gasteiger partial charge is 0.481 e. The van der Waals surface area contributed by atoms with E-state index in [-0.39, 0.29) is 6.41 Å². The first-order valence-corrected chi connectivity index (χ1v) is 4.29. The van der Waals surface area contributed by atoms with E-state index in [0.717, 1.165) is 6.92 Å². The summed E-state index contributed by atoms with van der Waals surface area (Å²) in [5.41, 5.74) is 5.21. The molecule has 8 heteroatoms. The van der Waals surface area contributed by atoms with Crippen molar-refractivity contribution >= 4 is 24.3 Å². The van der Waals surface area contributed by atoms with Gasteiger partial charge in [0.15, 0.2) is 0 Å². The average Bonchev–Trinajstić information content (AvgIpc) is 2.17. The lowest BCUT2D eigenvalue weighted by atomic mass is 10.1. The van der Waals surface area contributed by atoms with Crippen LogP contribution in [0.25, 0.3) is 0 Å². The molecule has 0 aromatic rings. The van der Waals surface area contributed by atoms with Gasteiger partial charge in [0.1, 0.15) is 6.04 Å². The highest BCUT2D eigenvalue weighted by atomic mass is 16.4. The zero-order valence-corrected chi connectivity index (χ0v) is 8.49. The fourth-order valence-electron chi connectivity index (χ4n) is 0.920. The Labute approximate surface area is 90.6 Å². The number of carboxylic acids is 2. The van der Waals surface area contributed by atoms with Crippen LogP contribution in [0.2, 0.25) is 0 Å². The van der Waals surface area contributed by atoms with Crippen molar-refractivity contribution in [3.63, 3.8) is 0 Å². The van der Waals surface area contributed by atoms with Crippen molar-refractivity contribution in [2.45, 2.75) is 25.4 Å². The molecular formula is C8H12N2O6. The smallest absolute Gasteiger partial charge is 0.326 e. The summed E-state index contributed by atoms with van der Waals surface area (Å²) in [4.78, 5) is 43.1. The zero-order valence-electron chi connectivity index (χ0n) is 8.49. The molecule has 0 saturated carbocycles. The summed E-state index contributed by atoms with van der Waals surface area (Å²) in [5.74, 6) is -3.73. The molecule has 8 nitrogen and oxygen atoms in total. The van der Waals surface area contributed by atoms with Gasteiger partial charge in [0.25, 0.3) is 0 Å². The molecule has 0 heterocycles. The fraction of sp³-hybridized carbons (Fsp3) is 0.500. The summed E-state index contributed by atoms with van der Waals surface area (Å²) in [6, 6.07) is -2.82. The monoisotopic (exact) mass is 232 g/mol. The van der Waals surface area contributed by atoms with E-state index in [1.807, 2.05) is 0 Å². The first-order chi connectivity index (χ1) is 7.31. The zero-order chi connectivity index (χ0) is 12.9. The molecule has 0 aliphatic heterocycles. The lowest BCUT2D eigenvalue weighted by molar-refractivity contribution is -0.154. The van der Waals surface area contributed by atoms with Gasteiger partial charge < -0.3 is 15.9 Å². The molecule has 0 aromatic carbocycles. The number of aliphatic carboxylic acids is 2. The van der Waals surface area contributed by atoms with Crippen LogP contribution < -0.4 is 5.73 Å². The number of hydrogen-bond donors (Lipinski definition) is 3. The van der Waals surface area contributed by atoms with E-state index >= 15 is 0 Å². The molecule has 0 aliphatic carbocycles. The Morgan fingerprint density at radius 1 is 1.38 bits per heavy atom. The lowest BCUT2D eigenvalue weighted by Crippen LogP contribution is -2.50. The highest BCUT2D eigenvalue weighted by molar-refractivity contribution is 5.95. The molecule has 2 unspecified atom stereocenters.